The molecule has 0 bridgehead atoms. The highest BCUT2D eigenvalue weighted by Crippen LogP contribution is 2.34. The SMILES string of the molecule is CCC(C1CCN(C)CC1)S(=O)(=O)Nc1nccc2c(-c3nc(Nc4cccc(S(C)(=O)=O)c4F)ncc3C)c[nH]c12. The summed E-state index contributed by atoms with van der Waals surface area (Å²) >= 11 is 0. The second kappa shape index (κ2) is 11.6. The number of anilines is 3. The number of nitrogens with one attached hydrogen (secondary N) is 3. The molecule has 4 aromatic rings. The zero-order chi connectivity index (χ0) is 30.2. The van der Waals surface area contributed by atoms with Crippen LogP contribution in [0.15, 0.2) is 47.8 Å². The molecule has 14 heteroatoms. The second-order valence-corrected chi connectivity index (χ2v) is 14.6. The third kappa shape index (κ3) is 5.96. The molecule has 4 heterocycles. The Balaban J connectivity index is 1.46. The maximum absolute atomic E-state index is 14.9. The number of pyridine rings is 1. The third-order valence-corrected chi connectivity index (χ3v) is 10.9. The Bertz CT molecular complexity index is 1840. The van der Waals surface area contributed by atoms with Gasteiger partial charge in [0.15, 0.2) is 21.5 Å². The van der Waals surface area contributed by atoms with Gasteiger partial charge in [0.25, 0.3) is 0 Å². The van der Waals surface area contributed by atoms with Crippen LogP contribution in [0.3, 0.4) is 0 Å². The molecule has 1 fully saturated rings. The third-order valence-electron chi connectivity index (χ3n) is 7.77. The van der Waals surface area contributed by atoms with Crippen LogP contribution in [0.1, 0.15) is 31.7 Å². The van der Waals surface area contributed by atoms with Crippen molar-refractivity contribution in [1.82, 2.24) is 24.8 Å². The molecule has 0 radical (unpaired) electrons. The summed E-state index contributed by atoms with van der Waals surface area (Å²) in [5.74, 6) is -0.589. The number of H-pyrrole nitrogens is 1. The van der Waals surface area contributed by atoms with Gasteiger partial charge in [0.05, 0.1) is 22.1 Å². The monoisotopic (exact) mass is 615 g/mol. The highest BCUT2D eigenvalue weighted by molar-refractivity contribution is 7.93. The van der Waals surface area contributed by atoms with E-state index in [4.69, 9.17) is 0 Å². The van der Waals surface area contributed by atoms with Gasteiger partial charge in [0, 0.05) is 35.8 Å². The van der Waals surface area contributed by atoms with E-state index in [9.17, 15) is 21.2 Å². The minimum absolute atomic E-state index is 0.0633. The topological polar surface area (TPSA) is 150 Å². The largest absolute Gasteiger partial charge is 0.357 e. The van der Waals surface area contributed by atoms with Crippen LogP contribution < -0.4 is 10.0 Å². The Kier molecular flexibility index (Phi) is 8.23. The molecule has 1 aromatic carbocycles. The van der Waals surface area contributed by atoms with E-state index in [1.54, 1.807) is 18.5 Å². The van der Waals surface area contributed by atoms with Crippen LogP contribution in [0.5, 0.6) is 0 Å². The van der Waals surface area contributed by atoms with Crippen LogP contribution in [-0.2, 0) is 19.9 Å². The molecule has 3 aromatic heterocycles. The van der Waals surface area contributed by atoms with E-state index in [1.807, 2.05) is 20.9 Å². The van der Waals surface area contributed by atoms with Gasteiger partial charge < -0.3 is 15.2 Å². The summed E-state index contributed by atoms with van der Waals surface area (Å²) in [5, 5.41) is 2.94. The van der Waals surface area contributed by atoms with Gasteiger partial charge >= 0.3 is 0 Å². The maximum Gasteiger partial charge on any atom is 0.237 e. The second-order valence-electron chi connectivity index (χ2n) is 10.8. The Labute approximate surface area is 245 Å². The number of aromatic nitrogens is 4. The number of hydrogen-bond donors (Lipinski definition) is 3. The number of piperidine rings is 1. The summed E-state index contributed by atoms with van der Waals surface area (Å²) in [6.07, 6.45) is 7.91. The van der Waals surface area contributed by atoms with E-state index in [2.05, 4.69) is 34.9 Å². The molecule has 11 nitrogen and oxygen atoms in total. The fraction of sp³-hybridized carbons (Fsp3) is 0.393. The van der Waals surface area contributed by atoms with E-state index in [0.29, 0.717) is 28.6 Å². The minimum Gasteiger partial charge on any atom is -0.357 e. The highest BCUT2D eigenvalue weighted by Gasteiger charge is 2.34. The van der Waals surface area contributed by atoms with Crippen LogP contribution in [0.4, 0.5) is 21.8 Å². The highest BCUT2D eigenvalue weighted by atomic mass is 32.2. The summed E-state index contributed by atoms with van der Waals surface area (Å²) in [6, 6.07) is 5.79. The zero-order valence-corrected chi connectivity index (χ0v) is 25.5. The molecule has 5 rings (SSSR count). The Hall–Kier alpha value is -3.62. The molecule has 3 N–H and O–H groups in total. The predicted molar refractivity (Wildman–Crippen MR) is 161 cm³/mol. The van der Waals surface area contributed by atoms with E-state index in [0.717, 1.165) is 37.8 Å². The van der Waals surface area contributed by atoms with E-state index in [-0.39, 0.29) is 23.4 Å². The summed E-state index contributed by atoms with van der Waals surface area (Å²) in [6.45, 7) is 5.46. The van der Waals surface area contributed by atoms with Gasteiger partial charge in [-0.25, -0.2) is 36.2 Å². The van der Waals surface area contributed by atoms with Crippen molar-refractivity contribution in [1.29, 1.82) is 0 Å². The molecule has 0 amide bonds. The quantitative estimate of drug-likeness (QED) is 0.248. The lowest BCUT2D eigenvalue weighted by Gasteiger charge is -2.33. The van der Waals surface area contributed by atoms with Crippen molar-refractivity contribution in [2.24, 2.45) is 5.92 Å². The van der Waals surface area contributed by atoms with Crippen molar-refractivity contribution in [3.8, 4) is 11.3 Å². The number of sulfone groups is 1. The normalized spacial score (nSPS) is 16.0. The van der Waals surface area contributed by atoms with E-state index in [1.165, 1.54) is 24.4 Å². The zero-order valence-electron chi connectivity index (χ0n) is 23.8. The summed E-state index contributed by atoms with van der Waals surface area (Å²) in [4.78, 5) is 18.1. The first kappa shape index (κ1) is 29.9. The van der Waals surface area contributed by atoms with E-state index < -0.39 is 35.8 Å². The van der Waals surface area contributed by atoms with Crippen molar-refractivity contribution in [2.45, 2.75) is 43.3 Å². The van der Waals surface area contributed by atoms with Crippen LogP contribution >= 0.6 is 0 Å². The molecule has 0 spiro atoms. The van der Waals surface area contributed by atoms with Gasteiger partial charge in [0.1, 0.15) is 4.90 Å². The molecule has 0 saturated carbocycles. The number of likely N-dealkylation sites (tertiary alicyclic amines) is 1. The van der Waals surface area contributed by atoms with Crippen molar-refractivity contribution >= 4 is 48.2 Å². The van der Waals surface area contributed by atoms with Gasteiger partial charge in [-0.1, -0.05) is 13.0 Å². The van der Waals surface area contributed by atoms with Crippen molar-refractivity contribution in [3.63, 3.8) is 0 Å². The van der Waals surface area contributed by atoms with Crippen LogP contribution in [-0.4, -0.2) is 73.3 Å². The molecule has 1 atom stereocenters. The number of rotatable bonds is 9. The Morgan fingerprint density at radius 3 is 2.57 bits per heavy atom. The lowest BCUT2D eigenvalue weighted by molar-refractivity contribution is 0.213. The Morgan fingerprint density at radius 1 is 1.14 bits per heavy atom. The number of fused-ring (bicyclic) bond motifs is 1. The van der Waals surface area contributed by atoms with Gasteiger partial charge in [-0.05, 0) is 76.0 Å². The summed E-state index contributed by atoms with van der Waals surface area (Å²) in [5.41, 5.74) is 2.34. The summed E-state index contributed by atoms with van der Waals surface area (Å²) < 4.78 is 68.7. The standard InChI is InChI=1S/C28H34FN7O4S2/c1-5-22(18-10-13-36(3)14-11-18)42(39,40)35-27-26-19(9-12-30-27)20(16-31-26)25-17(2)15-32-28(34-25)33-21-7-6-8-23(24(21)29)41(4,37)38/h6-9,12,15-16,18,22,31H,5,10-11,13-14H2,1-4H3,(H,30,35)(H,32,33,34). The van der Waals surface area contributed by atoms with Gasteiger partial charge in [0.2, 0.25) is 16.0 Å². The molecule has 1 saturated heterocycles. The van der Waals surface area contributed by atoms with Crippen LogP contribution in [0, 0.1) is 18.7 Å². The molecule has 1 unspecified atom stereocenters. The van der Waals surface area contributed by atoms with E-state index >= 15 is 0 Å². The number of aromatic amines is 1. The predicted octanol–water partition coefficient (Wildman–Crippen LogP) is 4.48. The first-order chi connectivity index (χ1) is 19.9. The number of benzene rings is 1. The summed E-state index contributed by atoms with van der Waals surface area (Å²) in [7, 11) is -5.45. The molecular weight excluding hydrogens is 581 g/mol. The molecule has 42 heavy (non-hydrogen) atoms. The first-order valence-corrected chi connectivity index (χ1v) is 17.1. The molecule has 224 valence electrons. The minimum atomic E-state index is -3.77. The Morgan fingerprint density at radius 2 is 1.88 bits per heavy atom. The average Bonchev–Trinajstić information content (AvgIpc) is 3.36. The van der Waals surface area contributed by atoms with Crippen molar-refractivity contribution in [3.05, 3.63) is 54.2 Å². The first-order valence-electron chi connectivity index (χ1n) is 13.6. The molecule has 0 aliphatic carbocycles. The smallest absolute Gasteiger partial charge is 0.237 e. The lowest BCUT2D eigenvalue weighted by atomic mass is 9.92. The number of aryl methyl sites for hydroxylation is 1. The number of nitrogens with zero attached hydrogens (tertiary/aromatic N) is 4. The molecule has 1 aliphatic rings. The van der Waals surface area contributed by atoms with Crippen molar-refractivity contribution < 1.29 is 21.2 Å². The van der Waals surface area contributed by atoms with Gasteiger partial charge in [-0.15, -0.1) is 0 Å². The fourth-order valence-electron chi connectivity index (χ4n) is 5.53. The maximum atomic E-state index is 14.9. The lowest BCUT2D eigenvalue weighted by Crippen LogP contribution is -2.40. The van der Waals surface area contributed by atoms with Crippen molar-refractivity contribution in [2.75, 3.05) is 36.4 Å². The number of halogens is 1. The van der Waals surface area contributed by atoms with Crippen LogP contribution in [0.2, 0.25) is 0 Å². The van der Waals surface area contributed by atoms with Crippen LogP contribution in [0.25, 0.3) is 22.2 Å². The molecule has 1 aliphatic heterocycles. The number of hydrogen-bond acceptors (Lipinski definition) is 9. The van der Waals surface area contributed by atoms with Gasteiger partial charge in [-0.3, -0.25) is 4.72 Å². The number of sulfonamides is 1. The average molecular weight is 616 g/mol. The molecular formula is C28H34FN7O4S2. The van der Waals surface area contributed by atoms with Gasteiger partial charge in [-0.2, -0.15) is 0 Å². The fourth-order valence-corrected chi connectivity index (χ4v) is 8.09.